The number of aryl methyl sites for hydroxylation is 1. The third-order valence-corrected chi connectivity index (χ3v) is 4.13. The monoisotopic (exact) mass is 364 g/mol. The zero-order valence-corrected chi connectivity index (χ0v) is 15.1. The molecule has 3 N–H and O–H groups in total. The molecule has 0 atom stereocenters. The number of rotatable bonds is 8. The molecule has 0 saturated carbocycles. The lowest BCUT2D eigenvalue weighted by molar-refractivity contribution is -0.142. The molecule has 0 radical (unpaired) electrons. The fourth-order valence-electron chi connectivity index (χ4n) is 1.80. The first kappa shape index (κ1) is 18.7. The number of nitrogens with one attached hydrogen (secondary N) is 3. The molecule has 25 heavy (non-hydrogen) atoms. The Morgan fingerprint density at radius 3 is 2.68 bits per heavy atom. The number of hydrogen-bond donors (Lipinski definition) is 3. The molecule has 0 saturated heterocycles. The van der Waals surface area contributed by atoms with Gasteiger partial charge in [0.05, 0.1) is 23.0 Å². The van der Waals surface area contributed by atoms with Crippen molar-refractivity contribution >= 4 is 34.2 Å². The van der Waals surface area contributed by atoms with Crippen LogP contribution in [0.3, 0.4) is 0 Å². The Bertz CT molecular complexity index is 731. The first-order chi connectivity index (χ1) is 12.0. The number of amides is 1. The molecule has 2 aromatic rings. The molecule has 0 spiro atoms. The van der Waals surface area contributed by atoms with Gasteiger partial charge in [-0.1, -0.05) is 11.3 Å². The predicted octanol–water partition coefficient (Wildman–Crippen LogP) is 1.19. The van der Waals surface area contributed by atoms with Gasteiger partial charge in [0, 0.05) is 20.0 Å². The van der Waals surface area contributed by atoms with Crippen molar-refractivity contribution in [3.63, 3.8) is 0 Å². The van der Waals surface area contributed by atoms with Crippen LogP contribution in [-0.4, -0.2) is 47.0 Å². The van der Waals surface area contributed by atoms with Crippen molar-refractivity contribution in [2.75, 3.05) is 30.8 Å². The molecule has 0 unspecified atom stereocenters. The molecule has 0 aliphatic carbocycles. The van der Waals surface area contributed by atoms with Gasteiger partial charge < -0.3 is 15.4 Å². The molecule has 2 aromatic heterocycles. The Morgan fingerprint density at radius 1 is 1.24 bits per heavy atom. The lowest BCUT2D eigenvalue weighted by Crippen LogP contribution is -2.19. The Labute approximate surface area is 149 Å². The molecule has 0 bridgehead atoms. The quantitative estimate of drug-likeness (QED) is 0.472. The van der Waals surface area contributed by atoms with E-state index < -0.39 is 5.91 Å². The Morgan fingerprint density at radius 2 is 2.04 bits per heavy atom. The highest BCUT2D eigenvalue weighted by molar-refractivity contribution is 7.15. The third-order valence-electron chi connectivity index (χ3n) is 3.09. The molecule has 10 heteroatoms. The number of carbonyl (C=O) groups is 2. The summed E-state index contributed by atoms with van der Waals surface area (Å²) in [4.78, 5) is 36.4. The van der Waals surface area contributed by atoms with Gasteiger partial charge >= 0.3 is 5.97 Å². The minimum absolute atomic E-state index is 0.140. The second-order valence-electron chi connectivity index (χ2n) is 5.08. The van der Waals surface area contributed by atoms with Crippen molar-refractivity contribution < 1.29 is 14.3 Å². The number of thiazole rings is 1. The smallest absolute Gasteiger partial charge is 0.302 e. The van der Waals surface area contributed by atoms with E-state index in [1.165, 1.54) is 30.7 Å². The summed E-state index contributed by atoms with van der Waals surface area (Å²) in [5.74, 6) is -0.167. The van der Waals surface area contributed by atoms with Crippen LogP contribution in [-0.2, 0) is 16.1 Å². The van der Waals surface area contributed by atoms with Gasteiger partial charge in [0.25, 0.3) is 5.91 Å². The van der Waals surface area contributed by atoms with Gasteiger partial charge in [0.1, 0.15) is 18.1 Å². The first-order valence-electron chi connectivity index (χ1n) is 7.61. The topological polar surface area (TPSA) is 118 Å². The second kappa shape index (κ2) is 9.04. The number of esters is 1. The van der Waals surface area contributed by atoms with Crippen molar-refractivity contribution in [2.45, 2.75) is 20.5 Å². The molecule has 2 heterocycles. The van der Waals surface area contributed by atoms with Gasteiger partial charge in [-0.25, -0.2) is 15.0 Å². The number of ether oxygens (including phenoxy) is 1. The summed E-state index contributed by atoms with van der Waals surface area (Å²) >= 11 is 1.25. The zero-order chi connectivity index (χ0) is 18.2. The Kier molecular flexibility index (Phi) is 6.78. The molecule has 9 nitrogen and oxygen atoms in total. The molecule has 2 rings (SSSR count). The largest absolute Gasteiger partial charge is 0.460 e. The van der Waals surface area contributed by atoms with Crippen molar-refractivity contribution in [1.82, 2.24) is 20.3 Å². The van der Waals surface area contributed by atoms with E-state index in [9.17, 15) is 9.59 Å². The van der Waals surface area contributed by atoms with E-state index in [1.807, 2.05) is 7.05 Å². The van der Waals surface area contributed by atoms with Crippen LogP contribution in [0.5, 0.6) is 0 Å². The van der Waals surface area contributed by atoms with Crippen LogP contribution in [0.25, 0.3) is 0 Å². The zero-order valence-electron chi connectivity index (χ0n) is 14.3. The van der Waals surface area contributed by atoms with E-state index in [1.54, 1.807) is 6.92 Å². The molecule has 0 aromatic carbocycles. The normalized spacial score (nSPS) is 10.4. The third kappa shape index (κ3) is 5.76. The van der Waals surface area contributed by atoms with Crippen LogP contribution in [0, 0.1) is 6.92 Å². The average molecular weight is 364 g/mol. The lowest BCUT2D eigenvalue weighted by atomic mass is 10.4. The highest BCUT2D eigenvalue weighted by Crippen LogP contribution is 2.23. The van der Waals surface area contributed by atoms with Crippen molar-refractivity contribution in [3.05, 3.63) is 28.7 Å². The first-order valence-corrected chi connectivity index (χ1v) is 8.42. The Balaban J connectivity index is 1.95. The van der Waals surface area contributed by atoms with Gasteiger partial charge in [-0.3, -0.25) is 14.9 Å². The van der Waals surface area contributed by atoms with Crippen LogP contribution in [0.1, 0.15) is 28.0 Å². The highest BCUT2D eigenvalue weighted by Gasteiger charge is 2.14. The van der Waals surface area contributed by atoms with E-state index in [2.05, 4.69) is 30.9 Å². The van der Waals surface area contributed by atoms with Crippen LogP contribution >= 0.6 is 11.3 Å². The number of hydrogen-bond acceptors (Lipinski definition) is 9. The van der Waals surface area contributed by atoms with Crippen molar-refractivity contribution in [1.29, 1.82) is 0 Å². The summed E-state index contributed by atoms with van der Waals surface area (Å²) in [7, 11) is 1.86. The molecular weight excluding hydrogens is 344 g/mol. The fourth-order valence-corrected chi connectivity index (χ4v) is 2.67. The molecule has 0 aliphatic heterocycles. The summed E-state index contributed by atoms with van der Waals surface area (Å²) in [6.07, 6.45) is 2.90. The predicted molar refractivity (Wildman–Crippen MR) is 94.7 cm³/mol. The maximum Gasteiger partial charge on any atom is 0.302 e. The number of aromatic nitrogens is 3. The van der Waals surface area contributed by atoms with Gasteiger partial charge in [0.15, 0.2) is 5.13 Å². The molecule has 0 aliphatic rings. The summed E-state index contributed by atoms with van der Waals surface area (Å²) in [6, 6.07) is 0. The molecular formula is C15H20N6O3S. The summed E-state index contributed by atoms with van der Waals surface area (Å²) in [6.45, 7) is 4.77. The van der Waals surface area contributed by atoms with Crippen LogP contribution in [0.15, 0.2) is 12.4 Å². The SMILES string of the molecule is CNCCNc1cnc(C(=O)Nc2nc(C)c(COC(C)=O)s2)cn1. The van der Waals surface area contributed by atoms with Gasteiger partial charge in [-0.2, -0.15) is 0 Å². The summed E-state index contributed by atoms with van der Waals surface area (Å²) in [5.41, 5.74) is 0.894. The maximum absolute atomic E-state index is 12.2. The number of nitrogens with zero attached hydrogens (tertiary/aromatic N) is 3. The number of anilines is 2. The second-order valence-corrected chi connectivity index (χ2v) is 6.16. The average Bonchev–Trinajstić information content (AvgIpc) is 2.93. The molecule has 134 valence electrons. The van der Waals surface area contributed by atoms with Crippen LogP contribution in [0.4, 0.5) is 10.9 Å². The summed E-state index contributed by atoms with van der Waals surface area (Å²) in [5, 5.41) is 9.18. The van der Waals surface area contributed by atoms with E-state index in [-0.39, 0.29) is 18.3 Å². The Hall–Kier alpha value is -2.59. The number of carbonyl (C=O) groups excluding carboxylic acids is 2. The van der Waals surface area contributed by atoms with E-state index >= 15 is 0 Å². The minimum atomic E-state index is -0.401. The van der Waals surface area contributed by atoms with Crippen LogP contribution < -0.4 is 16.0 Å². The van der Waals surface area contributed by atoms with Gasteiger partial charge in [-0.15, -0.1) is 0 Å². The fraction of sp³-hybridized carbons (Fsp3) is 0.400. The number of likely N-dealkylation sites (N-methyl/N-ethyl adjacent to an activating group) is 1. The maximum atomic E-state index is 12.2. The van der Waals surface area contributed by atoms with Gasteiger partial charge in [0.2, 0.25) is 0 Å². The molecule has 0 fully saturated rings. The van der Waals surface area contributed by atoms with Crippen molar-refractivity contribution in [3.8, 4) is 0 Å². The van der Waals surface area contributed by atoms with Crippen LogP contribution in [0.2, 0.25) is 0 Å². The lowest BCUT2D eigenvalue weighted by Gasteiger charge is -2.05. The highest BCUT2D eigenvalue weighted by atomic mass is 32.1. The van der Waals surface area contributed by atoms with E-state index in [0.717, 1.165) is 11.4 Å². The van der Waals surface area contributed by atoms with Gasteiger partial charge in [-0.05, 0) is 14.0 Å². The van der Waals surface area contributed by atoms with Crippen molar-refractivity contribution in [2.24, 2.45) is 0 Å². The van der Waals surface area contributed by atoms with E-state index in [0.29, 0.717) is 23.2 Å². The molecule has 1 amide bonds. The minimum Gasteiger partial charge on any atom is -0.460 e. The summed E-state index contributed by atoms with van der Waals surface area (Å²) < 4.78 is 4.95. The van der Waals surface area contributed by atoms with E-state index in [4.69, 9.17) is 4.74 Å². The standard InChI is InChI=1S/C15H20N6O3S/c1-9-12(8-24-10(2)22)25-15(20-9)21-14(23)11-6-19-13(7-18-11)17-5-4-16-3/h6-7,16H,4-5,8H2,1-3H3,(H,17,19)(H,20,21,23).